The molecule has 174 valence electrons. The van der Waals surface area contributed by atoms with Crippen LogP contribution in [0.1, 0.15) is 19.4 Å². The molecule has 3 rings (SSSR count). The number of aryl methyl sites for hydroxylation is 1. The molecule has 0 spiro atoms. The fourth-order valence-corrected chi connectivity index (χ4v) is 4.71. The minimum Gasteiger partial charge on any atom is -0.455 e. The Hall–Kier alpha value is -3.43. The van der Waals surface area contributed by atoms with Gasteiger partial charge in [0.25, 0.3) is 5.56 Å². The van der Waals surface area contributed by atoms with Crippen LogP contribution in [-0.2, 0) is 21.4 Å². The molecule has 9 heteroatoms. The zero-order chi connectivity index (χ0) is 24.0. The summed E-state index contributed by atoms with van der Waals surface area (Å²) >= 11 is 0. The van der Waals surface area contributed by atoms with Crippen molar-refractivity contribution >= 4 is 21.6 Å². The van der Waals surface area contributed by atoms with Gasteiger partial charge < -0.3 is 14.6 Å². The summed E-state index contributed by atoms with van der Waals surface area (Å²) in [5, 5.41) is 2.74. The molecule has 2 aromatic carbocycles. The Morgan fingerprint density at radius 2 is 1.67 bits per heavy atom. The number of anilines is 1. The average molecular weight is 470 g/mol. The molecule has 1 aromatic heterocycles. The van der Waals surface area contributed by atoms with Crippen LogP contribution >= 0.6 is 0 Å². The van der Waals surface area contributed by atoms with Crippen molar-refractivity contribution in [3.8, 4) is 11.5 Å². The molecule has 0 aliphatic rings. The third-order valence-electron chi connectivity index (χ3n) is 5.02. The lowest BCUT2D eigenvalue weighted by molar-refractivity contribution is -0.116. The highest BCUT2D eigenvalue weighted by Gasteiger charge is 2.22. The Kier molecular flexibility index (Phi) is 7.67. The van der Waals surface area contributed by atoms with Gasteiger partial charge in [-0.05, 0) is 37.3 Å². The molecule has 0 saturated carbocycles. The van der Waals surface area contributed by atoms with Crippen molar-refractivity contribution in [2.24, 2.45) is 0 Å². The van der Waals surface area contributed by atoms with Gasteiger partial charge >= 0.3 is 0 Å². The number of hydrogen-bond acceptors (Lipinski definition) is 5. The van der Waals surface area contributed by atoms with Gasteiger partial charge in [-0.25, -0.2) is 8.42 Å². The highest BCUT2D eigenvalue weighted by atomic mass is 32.2. The van der Waals surface area contributed by atoms with Crippen molar-refractivity contribution in [1.82, 2.24) is 8.87 Å². The van der Waals surface area contributed by atoms with Gasteiger partial charge in [0.2, 0.25) is 15.9 Å². The lowest BCUT2D eigenvalue weighted by Gasteiger charge is -2.19. The summed E-state index contributed by atoms with van der Waals surface area (Å²) in [7, 11) is -3.76. The topological polar surface area (TPSA) is 97.7 Å². The first-order valence-corrected chi connectivity index (χ1v) is 12.0. The monoisotopic (exact) mass is 469 g/mol. The molecule has 1 amide bonds. The van der Waals surface area contributed by atoms with Gasteiger partial charge in [-0.3, -0.25) is 9.59 Å². The van der Waals surface area contributed by atoms with Crippen molar-refractivity contribution in [2.45, 2.75) is 32.2 Å². The highest BCUT2D eigenvalue weighted by molar-refractivity contribution is 7.89. The molecule has 0 fully saturated rings. The van der Waals surface area contributed by atoms with E-state index >= 15 is 0 Å². The van der Waals surface area contributed by atoms with Gasteiger partial charge in [-0.1, -0.05) is 43.7 Å². The maximum Gasteiger partial charge on any atom is 0.251 e. The minimum atomic E-state index is -3.76. The van der Waals surface area contributed by atoms with Gasteiger partial charge in [0.1, 0.15) is 12.3 Å². The van der Waals surface area contributed by atoms with Crippen LogP contribution in [0.5, 0.6) is 11.5 Å². The van der Waals surface area contributed by atoms with E-state index in [1.165, 1.54) is 16.6 Å². The fraction of sp³-hybridized carbons (Fsp3) is 0.250. The smallest absolute Gasteiger partial charge is 0.251 e. The maximum atomic E-state index is 12.8. The van der Waals surface area contributed by atoms with E-state index in [0.29, 0.717) is 30.3 Å². The van der Waals surface area contributed by atoms with E-state index in [1.807, 2.05) is 31.2 Å². The van der Waals surface area contributed by atoms with E-state index in [9.17, 15) is 18.0 Å². The number of aromatic nitrogens is 1. The number of hydrogen-bond donors (Lipinski definition) is 1. The molecule has 1 heterocycles. The van der Waals surface area contributed by atoms with Crippen LogP contribution in [0.4, 0.5) is 5.69 Å². The first kappa shape index (κ1) is 24.2. The largest absolute Gasteiger partial charge is 0.455 e. The van der Waals surface area contributed by atoms with Crippen LogP contribution in [0.3, 0.4) is 0 Å². The first-order valence-electron chi connectivity index (χ1n) is 10.6. The van der Waals surface area contributed by atoms with E-state index in [-0.39, 0.29) is 11.4 Å². The molecular formula is C24H27N3O5S. The van der Waals surface area contributed by atoms with Gasteiger partial charge in [0.05, 0.1) is 10.6 Å². The van der Waals surface area contributed by atoms with Gasteiger partial charge in [-0.2, -0.15) is 4.31 Å². The lowest BCUT2D eigenvalue weighted by Crippen LogP contribution is -2.33. The average Bonchev–Trinajstić information content (AvgIpc) is 2.78. The van der Waals surface area contributed by atoms with E-state index < -0.39 is 21.5 Å². The van der Waals surface area contributed by atoms with Crippen molar-refractivity contribution in [1.29, 1.82) is 0 Å². The molecule has 3 aromatic rings. The summed E-state index contributed by atoms with van der Waals surface area (Å²) in [6.45, 7) is 5.70. The van der Waals surface area contributed by atoms with Crippen molar-refractivity contribution in [3.63, 3.8) is 0 Å². The van der Waals surface area contributed by atoms with Crippen LogP contribution in [0.15, 0.2) is 76.6 Å². The van der Waals surface area contributed by atoms with Crippen molar-refractivity contribution in [3.05, 3.63) is 82.8 Å². The Morgan fingerprint density at radius 1 is 1.00 bits per heavy atom. The maximum absolute atomic E-state index is 12.8. The summed E-state index contributed by atoms with van der Waals surface area (Å²) in [6.07, 6.45) is 1.20. The number of para-hydroxylation sites is 2. The zero-order valence-corrected chi connectivity index (χ0v) is 19.6. The molecule has 1 N–H and O–H groups in total. The van der Waals surface area contributed by atoms with Gasteiger partial charge in [0.15, 0.2) is 5.75 Å². The number of benzene rings is 2. The SMILES string of the molecule is CCN(CC)S(=O)(=O)c1ccc(=O)n(CC(=O)Nc2ccccc2Oc2ccc(C)cc2)c1. The number of nitrogens with zero attached hydrogens (tertiary/aromatic N) is 2. The second-order valence-corrected chi connectivity index (χ2v) is 9.32. The van der Waals surface area contributed by atoms with E-state index in [1.54, 1.807) is 38.1 Å². The Labute approximate surface area is 193 Å². The van der Waals surface area contributed by atoms with Crippen molar-refractivity contribution in [2.75, 3.05) is 18.4 Å². The number of ether oxygens (including phenoxy) is 1. The van der Waals surface area contributed by atoms with Crippen molar-refractivity contribution < 1.29 is 17.9 Å². The molecular weight excluding hydrogens is 442 g/mol. The first-order chi connectivity index (χ1) is 15.7. The molecule has 0 bridgehead atoms. The molecule has 0 radical (unpaired) electrons. The predicted molar refractivity (Wildman–Crippen MR) is 127 cm³/mol. The van der Waals surface area contributed by atoms with Crippen LogP contribution in [0.25, 0.3) is 0 Å². The third kappa shape index (κ3) is 5.88. The Morgan fingerprint density at radius 3 is 2.33 bits per heavy atom. The molecule has 8 nitrogen and oxygen atoms in total. The summed E-state index contributed by atoms with van der Waals surface area (Å²) < 4.78 is 33.8. The summed E-state index contributed by atoms with van der Waals surface area (Å²) in [6, 6.07) is 16.8. The normalized spacial score (nSPS) is 11.4. The minimum absolute atomic E-state index is 0.0401. The number of amides is 1. The van der Waals surface area contributed by atoms with Crippen LogP contribution in [0.2, 0.25) is 0 Å². The molecule has 0 saturated heterocycles. The van der Waals surface area contributed by atoms with Gasteiger partial charge in [0, 0.05) is 25.4 Å². The molecule has 0 aliphatic carbocycles. The molecule has 0 aliphatic heterocycles. The summed E-state index contributed by atoms with van der Waals surface area (Å²) in [4.78, 5) is 24.9. The standard InChI is InChI=1S/C24H27N3O5S/c1-4-27(5-2)33(30,31)20-14-15-24(29)26(16-20)17-23(28)25-21-8-6-7-9-22(21)32-19-12-10-18(3)11-13-19/h6-16H,4-5,17H2,1-3H3,(H,25,28). The lowest BCUT2D eigenvalue weighted by atomic mass is 10.2. The summed E-state index contributed by atoms with van der Waals surface area (Å²) in [5.41, 5.74) is 1.05. The number of carbonyl (C=O) groups excluding carboxylic acids is 1. The van der Waals surface area contributed by atoms with Crippen LogP contribution in [0, 0.1) is 6.92 Å². The number of rotatable bonds is 9. The van der Waals surface area contributed by atoms with E-state index in [4.69, 9.17) is 4.74 Å². The molecule has 0 atom stereocenters. The molecule has 33 heavy (non-hydrogen) atoms. The fourth-order valence-electron chi connectivity index (χ4n) is 3.23. The van der Waals surface area contributed by atoms with Crippen LogP contribution in [-0.4, -0.2) is 36.3 Å². The number of sulfonamides is 1. The number of pyridine rings is 1. The Balaban J connectivity index is 1.79. The predicted octanol–water partition coefficient (Wildman–Crippen LogP) is 3.62. The second kappa shape index (κ2) is 10.5. The third-order valence-corrected chi connectivity index (χ3v) is 7.06. The van der Waals surface area contributed by atoms with Crippen LogP contribution < -0.4 is 15.6 Å². The quantitative estimate of drug-likeness (QED) is 0.516. The molecule has 0 unspecified atom stereocenters. The van der Waals surface area contributed by atoms with Gasteiger partial charge in [-0.15, -0.1) is 0 Å². The second-order valence-electron chi connectivity index (χ2n) is 7.38. The van der Waals surface area contributed by atoms with E-state index in [2.05, 4.69) is 5.32 Å². The number of nitrogens with one attached hydrogen (secondary N) is 1. The van der Waals surface area contributed by atoms with E-state index in [0.717, 1.165) is 16.2 Å². The zero-order valence-electron chi connectivity index (χ0n) is 18.8. The Bertz CT molecular complexity index is 1280. The number of carbonyl (C=O) groups is 1. The highest BCUT2D eigenvalue weighted by Crippen LogP contribution is 2.29. The summed E-state index contributed by atoms with van der Waals surface area (Å²) in [5.74, 6) is 0.571.